The highest BCUT2D eigenvalue weighted by molar-refractivity contribution is 9.09. The van der Waals surface area contributed by atoms with Crippen LogP contribution >= 0.6 is 27.7 Å². The largest absolute Gasteiger partial charge is 0.384 e. The lowest BCUT2D eigenvalue weighted by Crippen LogP contribution is -2.24. The van der Waals surface area contributed by atoms with Crippen LogP contribution in [0.3, 0.4) is 0 Å². The molecule has 0 heterocycles. The van der Waals surface area contributed by atoms with E-state index in [0.717, 1.165) is 23.6 Å². The number of hydrogen-bond donors (Lipinski definition) is 0. The fourth-order valence-electron chi connectivity index (χ4n) is 0.894. The maximum Gasteiger partial charge on any atom is 0.0552 e. The van der Waals surface area contributed by atoms with Crippen LogP contribution in [-0.4, -0.2) is 30.6 Å². The van der Waals surface area contributed by atoms with Gasteiger partial charge in [0.05, 0.1) is 6.61 Å². The van der Waals surface area contributed by atoms with Crippen LogP contribution in [0.4, 0.5) is 0 Å². The van der Waals surface area contributed by atoms with Crippen molar-refractivity contribution in [2.45, 2.75) is 20.8 Å². The second kappa shape index (κ2) is 7.13. The third kappa shape index (κ3) is 6.81. The molecule has 0 fully saturated rings. The van der Waals surface area contributed by atoms with Gasteiger partial charge < -0.3 is 4.74 Å². The molecule has 0 bridgehead atoms. The predicted octanol–water partition coefficient (Wildman–Crippen LogP) is 3.42. The molecule has 0 aliphatic heterocycles. The van der Waals surface area contributed by atoms with Crippen molar-refractivity contribution in [1.29, 1.82) is 0 Å². The zero-order valence-corrected chi connectivity index (χ0v) is 11.5. The summed E-state index contributed by atoms with van der Waals surface area (Å²) < 4.78 is 5.01. The van der Waals surface area contributed by atoms with Crippen molar-refractivity contribution in [2.24, 2.45) is 11.3 Å². The molecule has 0 amide bonds. The van der Waals surface area contributed by atoms with Crippen LogP contribution in [0.2, 0.25) is 0 Å². The molecule has 0 aliphatic carbocycles. The normalized spacial score (nSPS) is 14.5. The van der Waals surface area contributed by atoms with E-state index >= 15 is 0 Å². The first-order valence-corrected chi connectivity index (χ1v) is 6.92. The van der Waals surface area contributed by atoms with E-state index in [4.69, 9.17) is 4.74 Å². The van der Waals surface area contributed by atoms with Crippen molar-refractivity contribution in [2.75, 3.05) is 30.6 Å². The van der Waals surface area contributed by atoms with E-state index in [0.29, 0.717) is 5.41 Å². The Morgan fingerprint density at radius 1 is 1.38 bits per heavy atom. The molecule has 0 radical (unpaired) electrons. The minimum absolute atomic E-state index is 0.406. The maximum atomic E-state index is 5.01. The first kappa shape index (κ1) is 13.8. The Morgan fingerprint density at radius 3 is 2.38 bits per heavy atom. The summed E-state index contributed by atoms with van der Waals surface area (Å²) in [4.78, 5) is 0. The summed E-state index contributed by atoms with van der Waals surface area (Å²) in [6, 6.07) is 0. The molecule has 0 aromatic rings. The molecule has 13 heavy (non-hydrogen) atoms. The van der Waals surface area contributed by atoms with E-state index in [9.17, 15) is 0 Å². The SMILES string of the molecule is COCCSCC(CBr)C(C)(C)C. The van der Waals surface area contributed by atoms with Crippen molar-refractivity contribution in [1.82, 2.24) is 0 Å². The van der Waals surface area contributed by atoms with Crippen LogP contribution in [0.5, 0.6) is 0 Å². The molecule has 0 saturated carbocycles. The van der Waals surface area contributed by atoms with Crippen LogP contribution in [0.25, 0.3) is 0 Å². The number of alkyl halides is 1. The summed E-state index contributed by atoms with van der Waals surface area (Å²) in [6.45, 7) is 7.77. The van der Waals surface area contributed by atoms with Gasteiger partial charge in [0.15, 0.2) is 0 Å². The number of halogens is 1. The molecular weight excluding hydrogens is 248 g/mol. The molecule has 1 nitrogen and oxygen atoms in total. The highest BCUT2D eigenvalue weighted by Crippen LogP contribution is 2.30. The average molecular weight is 269 g/mol. The van der Waals surface area contributed by atoms with Gasteiger partial charge in [-0.15, -0.1) is 0 Å². The second-order valence-electron chi connectivity index (χ2n) is 4.28. The lowest BCUT2D eigenvalue weighted by atomic mass is 9.83. The first-order chi connectivity index (χ1) is 6.02. The zero-order valence-electron chi connectivity index (χ0n) is 9.10. The van der Waals surface area contributed by atoms with Crippen LogP contribution in [0, 0.1) is 11.3 Å². The van der Waals surface area contributed by atoms with Gasteiger partial charge in [-0.1, -0.05) is 36.7 Å². The summed E-state index contributed by atoms with van der Waals surface area (Å²) in [7, 11) is 1.76. The van der Waals surface area contributed by atoms with Gasteiger partial charge in [0.1, 0.15) is 0 Å². The highest BCUT2D eigenvalue weighted by Gasteiger charge is 2.22. The summed E-state index contributed by atoms with van der Waals surface area (Å²) in [6.07, 6.45) is 0. The van der Waals surface area contributed by atoms with Crippen LogP contribution < -0.4 is 0 Å². The Kier molecular flexibility index (Phi) is 7.56. The molecular formula is C10H21BrOS. The molecule has 0 N–H and O–H groups in total. The van der Waals surface area contributed by atoms with Gasteiger partial charge >= 0.3 is 0 Å². The zero-order chi connectivity index (χ0) is 10.3. The standard InChI is InChI=1S/C10H21BrOS/c1-10(2,3)9(7-11)8-13-6-5-12-4/h9H,5-8H2,1-4H3. The lowest BCUT2D eigenvalue weighted by Gasteiger charge is -2.28. The van der Waals surface area contributed by atoms with Gasteiger partial charge in [-0.3, -0.25) is 0 Å². The minimum Gasteiger partial charge on any atom is -0.384 e. The number of ether oxygens (including phenoxy) is 1. The molecule has 0 saturated heterocycles. The Balaban J connectivity index is 3.61. The van der Waals surface area contributed by atoms with Gasteiger partial charge in [-0.2, -0.15) is 11.8 Å². The van der Waals surface area contributed by atoms with Gasteiger partial charge in [-0.25, -0.2) is 0 Å². The number of hydrogen-bond acceptors (Lipinski definition) is 2. The molecule has 0 aromatic carbocycles. The summed E-state index contributed by atoms with van der Waals surface area (Å²) >= 11 is 5.56. The Morgan fingerprint density at radius 2 is 2.00 bits per heavy atom. The van der Waals surface area contributed by atoms with Crippen molar-refractivity contribution >= 4 is 27.7 Å². The highest BCUT2D eigenvalue weighted by atomic mass is 79.9. The topological polar surface area (TPSA) is 9.23 Å². The van der Waals surface area contributed by atoms with Gasteiger partial charge in [0.2, 0.25) is 0 Å². The van der Waals surface area contributed by atoms with Crippen molar-refractivity contribution < 1.29 is 4.74 Å². The van der Waals surface area contributed by atoms with E-state index in [2.05, 4.69) is 36.7 Å². The molecule has 0 spiro atoms. The predicted molar refractivity (Wildman–Crippen MR) is 65.9 cm³/mol. The van der Waals surface area contributed by atoms with Gasteiger partial charge in [0, 0.05) is 18.2 Å². The number of thioether (sulfide) groups is 1. The molecule has 0 rings (SSSR count). The Bertz CT molecular complexity index is 123. The van der Waals surface area contributed by atoms with Crippen molar-refractivity contribution in [3.8, 4) is 0 Å². The van der Waals surface area contributed by atoms with Crippen molar-refractivity contribution in [3.05, 3.63) is 0 Å². The Labute approximate surface area is 95.1 Å². The minimum atomic E-state index is 0.406. The van der Waals surface area contributed by atoms with E-state index in [1.165, 1.54) is 5.75 Å². The number of rotatable bonds is 6. The Hall–Kier alpha value is 0.790. The smallest absolute Gasteiger partial charge is 0.0552 e. The van der Waals surface area contributed by atoms with E-state index < -0.39 is 0 Å². The molecule has 80 valence electrons. The summed E-state index contributed by atoms with van der Waals surface area (Å²) in [5.41, 5.74) is 0.406. The van der Waals surface area contributed by atoms with E-state index in [-0.39, 0.29) is 0 Å². The van der Waals surface area contributed by atoms with Gasteiger partial charge in [-0.05, 0) is 17.1 Å². The maximum absolute atomic E-state index is 5.01. The van der Waals surface area contributed by atoms with Gasteiger partial charge in [0.25, 0.3) is 0 Å². The second-order valence-corrected chi connectivity index (χ2v) is 6.08. The van der Waals surface area contributed by atoms with Crippen LogP contribution in [-0.2, 0) is 4.74 Å². The summed E-state index contributed by atoms with van der Waals surface area (Å²) in [5.74, 6) is 3.07. The monoisotopic (exact) mass is 268 g/mol. The fourth-order valence-corrected chi connectivity index (χ4v) is 3.75. The molecule has 0 aromatic heterocycles. The fraction of sp³-hybridized carbons (Fsp3) is 1.00. The van der Waals surface area contributed by atoms with E-state index in [1.54, 1.807) is 7.11 Å². The quantitative estimate of drug-likeness (QED) is 0.539. The molecule has 3 heteroatoms. The first-order valence-electron chi connectivity index (χ1n) is 4.65. The lowest BCUT2D eigenvalue weighted by molar-refractivity contribution is 0.218. The van der Waals surface area contributed by atoms with Crippen molar-refractivity contribution in [3.63, 3.8) is 0 Å². The molecule has 1 atom stereocenters. The number of methoxy groups -OCH3 is 1. The summed E-state index contributed by atoms with van der Waals surface area (Å²) in [5, 5.41) is 1.09. The van der Waals surface area contributed by atoms with E-state index in [1.807, 2.05) is 11.8 Å². The molecule has 1 unspecified atom stereocenters. The molecule has 0 aliphatic rings. The van der Waals surface area contributed by atoms with Crippen LogP contribution in [0.15, 0.2) is 0 Å². The average Bonchev–Trinajstić information content (AvgIpc) is 2.02. The van der Waals surface area contributed by atoms with Crippen LogP contribution in [0.1, 0.15) is 20.8 Å². The third-order valence-electron chi connectivity index (χ3n) is 2.16. The third-order valence-corrected chi connectivity index (χ3v) is 4.04.